The fraction of sp³-hybridized carbons (Fsp3) is 0.0833. The molecular formula is C24H19NO4. The van der Waals surface area contributed by atoms with Crippen molar-refractivity contribution in [3.8, 4) is 17.1 Å². The van der Waals surface area contributed by atoms with E-state index in [1.54, 1.807) is 49.6 Å². The van der Waals surface area contributed by atoms with E-state index in [1.165, 1.54) is 6.07 Å². The topological polar surface area (TPSA) is 68.5 Å². The average molecular weight is 385 g/mol. The first-order chi connectivity index (χ1) is 14.0. The maximum absolute atomic E-state index is 12.7. The van der Waals surface area contributed by atoms with Crippen LogP contribution >= 0.6 is 0 Å². The van der Waals surface area contributed by atoms with Crippen LogP contribution in [0.2, 0.25) is 0 Å². The lowest BCUT2D eigenvalue weighted by Gasteiger charge is -2.09. The van der Waals surface area contributed by atoms with E-state index in [1.807, 2.05) is 31.2 Å². The number of ether oxygens (including phenoxy) is 1. The number of hydrogen-bond donors (Lipinski definition) is 1. The van der Waals surface area contributed by atoms with Crippen LogP contribution in [0.25, 0.3) is 22.3 Å². The second kappa shape index (κ2) is 7.64. The standard InChI is InChI=1S/C24H19NO4/c1-15-6-3-4-9-19(15)23-14-21(26)20-13-17(10-11-22(20)29-23)25-24(27)16-7-5-8-18(12-16)28-2/h3-14H,1-2H3,(H,25,27). The first kappa shape index (κ1) is 18.5. The minimum absolute atomic E-state index is 0.165. The second-order valence-electron chi connectivity index (χ2n) is 6.69. The van der Waals surface area contributed by atoms with Crippen molar-refractivity contribution in [1.82, 2.24) is 0 Å². The number of rotatable bonds is 4. The van der Waals surface area contributed by atoms with Gasteiger partial charge >= 0.3 is 0 Å². The van der Waals surface area contributed by atoms with Crippen molar-refractivity contribution < 1.29 is 13.9 Å². The summed E-state index contributed by atoms with van der Waals surface area (Å²) in [5.41, 5.74) is 3.18. The van der Waals surface area contributed by atoms with E-state index in [0.29, 0.717) is 33.7 Å². The Morgan fingerprint density at radius 1 is 0.966 bits per heavy atom. The number of carbonyl (C=O) groups is 1. The van der Waals surface area contributed by atoms with E-state index < -0.39 is 0 Å². The summed E-state index contributed by atoms with van der Waals surface area (Å²) in [6, 6.07) is 21.1. The molecule has 0 unspecified atom stereocenters. The van der Waals surface area contributed by atoms with E-state index in [9.17, 15) is 9.59 Å². The van der Waals surface area contributed by atoms with Gasteiger partial charge in [-0.25, -0.2) is 0 Å². The Kier molecular flexibility index (Phi) is 4.87. The molecule has 3 aromatic carbocycles. The van der Waals surface area contributed by atoms with Gasteiger partial charge in [0, 0.05) is 22.9 Å². The molecule has 0 atom stereocenters. The van der Waals surface area contributed by atoms with Gasteiger partial charge in [-0.15, -0.1) is 0 Å². The predicted octanol–water partition coefficient (Wildman–Crippen LogP) is 5.03. The Labute approximate surface area is 167 Å². The molecule has 0 bridgehead atoms. The normalized spacial score (nSPS) is 10.7. The van der Waals surface area contributed by atoms with Crippen molar-refractivity contribution >= 4 is 22.6 Å². The number of anilines is 1. The second-order valence-corrected chi connectivity index (χ2v) is 6.69. The molecule has 29 heavy (non-hydrogen) atoms. The van der Waals surface area contributed by atoms with Crippen LogP contribution < -0.4 is 15.5 Å². The molecule has 0 saturated carbocycles. The molecule has 0 radical (unpaired) electrons. The number of methoxy groups -OCH3 is 1. The van der Waals surface area contributed by atoms with Crippen molar-refractivity contribution in [2.75, 3.05) is 12.4 Å². The summed E-state index contributed by atoms with van der Waals surface area (Å²) in [5.74, 6) is 0.832. The van der Waals surface area contributed by atoms with Crippen LogP contribution in [-0.4, -0.2) is 13.0 Å². The van der Waals surface area contributed by atoms with Gasteiger partial charge in [0.25, 0.3) is 5.91 Å². The van der Waals surface area contributed by atoms with Gasteiger partial charge in [0.2, 0.25) is 0 Å². The molecule has 1 heterocycles. The molecule has 1 amide bonds. The molecule has 0 aliphatic carbocycles. The smallest absolute Gasteiger partial charge is 0.255 e. The van der Waals surface area contributed by atoms with Crippen LogP contribution in [0, 0.1) is 6.92 Å². The number of carbonyl (C=O) groups excluding carboxylic acids is 1. The molecule has 4 rings (SSSR count). The zero-order valence-electron chi connectivity index (χ0n) is 16.1. The first-order valence-corrected chi connectivity index (χ1v) is 9.14. The van der Waals surface area contributed by atoms with Crippen LogP contribution in [-0.2, 0) is 0 Å². The van der Waals surface area contributed by atoms with E-state index in [2.05, 4.69) is 5.32 Å². The van der Waals surface area contributed by atoms with Crippen LogP contribution in [0.4, 0.5) is 5.69 Å². The Balaban J connectivity index is 1.67. The molecule has 0 fully saturated rings. The van der Waals surface area contributed by atoms with Gasteiger partial charge in [-0.2, -0.15) is 0 Å². The minimum atomic E-state index is -0.288. The lowest BCUT2D eigenvalue weighted by molar-refractivity contribution is 0.102. The zero-order chi connectivity index (χ0) is 20.4. The Bertz CT molecular complexity index is 1270. The van der Waals surface area contributed by atoms with Crippen molar-refractivity contribution in [1.29, 1.82) is 0 Å². The highest BCUT2D eigenvalue weighted by molar-refractivity contribution is 6.05. The van der Waals surface area contributed by atoms with Crippen LogP contribution in [0.1, 0.15) is 15.9 Å². The van der Waals surface area contributed by atoms with E-state index in [-0.39, 0.29) is 11.3 Å². The van der Waals surface area contributed by atoms with E-state index >= 15 is 0 Å². The van der Waals surface area contributed by atoms with E-state index in [0.717, 1.165) is 11.1 Å². The minimum Gasteiger partial charge on any atom is -0.497 e. The third kappa shape index (κ3) is 3.75. The van der Waals surface area contributed by atoms with Crippen molar-refractivity contribution in [3.05, 3.63) is 94.1 Å². The highest BCUT2D eigenvalue weighted by atomic mass is 16.5. The van der Waals surface area contributed by atoms with Crippen LogP contribution in [0.3, 0.4) is 0 Å². The summed E-state index contributed by atoms with van der Waals surface area (Å²) in [6.45, 7) is 1.97. The predicted molar refractivity (Wildman–Crippen MR) is 114 cm³/mol. The number of benzene rings is 3. The van der Waals surface area contributed by atoms with Crippen molar-refractivity contribution in [3.63, 3.8) is 0 Å². The SMILES string of the molecule is COc1cccc(C(=O)Nc2ccc3oc(-c4ccccc4C)cc(=O)c3c2)c1. The molecular weight excluding hydrogens is 366 g/mol. The molecule has 5 heteroatoms. The summed E-state index contributed by atoms with van der Waals surface area (Å²) in [6.07, 6.45) is 0. The number of hydrogen-bond acceptors (Lipinski definition) is 4. The maximum atomic E-state index is 12.7. The monoisotopic (exact) mass is 385 g/mol. The quantitative estimate of drug-likeness (QED) is 0.535. The molecule has 0 saturated heterocycles. The molecule has 0 aliphatic heterocycles. The van der Waals surface area contributed by atoms with Gasteiger partial charge in [0.05, 0.1) is 12.5 Å². The Morgan fingerprint density at radius 2 is 1.79 bits per heavy atom. The van der Waals surface area contributed by atoms with Crippen LogP contribution in [0.15, 0.2) is 82.0 Å². The summed E-state index contributed by atoms with van der Waals surface area (Å²) < 4.78 is 11.1. The average Bonchev–Trinajstić information content (AvgIpc) is 2.74. The molecule has 1 N–H and O–H groups in total. The van der Waals surface area contributed by atoms with E-state index in [4.69, 9.17) is 9.15 Å². The van der Waals surface area contributed by atoms with Crippen molar-refractivity contribution in [2.24, 2.45) is 0 Å². The summed E-state index contributed by atoms with van der Waals surface area (Å²) in [5, 5.41) is 3.22. The Hall–Kier alpha value is -3.86. The van der Waals surface area contributed by atoms with Gasteiger partial charge in [-0.3, -0.25) is 9.59 Å². The third-order valence-corrected chi connectivity index (χ3v) is 4.73. The molecule has 144 valence electrons. The van der Waals surface area contributed by atoms with Crippen molar-refractivity contribution in [2.45, 2.75) is 6.92 Å². The zero-order valence-corrected chi connectivity index (χ0v) is 16.1. The fourth-order valence-corrected chi connectivity index (χ4v) is 3.18. The molecule has 1 aromatic heterocycles. The highest BCUT2D eigenvalue weighted by Crippen LogP contribution is 2.26. The lowest BCUT2D eigenvalue weighted by atomic mass is 10.1. The fourth-order valence-electron chi connectivity index (χ4n) is 3.18. The lowest BCUT2D eigenvalue weighted by Crippen LogP contribution is -2.12. The number of fused-ring (bicyclic) bond motifs is 1. The highest BCUT2D eigenvalue weighted by Gasteiger charge is 2.11. The van der Waals surface area contributed by atoms with Gasteiger partial charge in [0.15, 0.2) is 5.43 Å². The molecule has 5 nitrogen and oxygen atoms in total. The van der Waals surface area contributed by atoms with Gasteiger partial charge < -0.3 is 14.5 Å². The van der Waals surface area contributed by atoms with Gasteiger partial charge in [0.1, 0.15) is 17.1 Å². The Morgan fingerprint density at radius 3 is 2.59 bits per heavy atom. The summed E-state index contributed by atoms with van der Waals surface area (Å²) in [7, 11) is 1.55. The van der Waals surface area contributed by atoms with Gasteiger partial charge in [-0.05, 0) is 48.9 Å². The third-order valence-electron chi connectivity index (χ3n) is 4.73. The first-order valence-electron chi connectivity index (χ1n) is 9.14. The number of aryl methyl sites for hydroxylation is 1. The van der Waals surface area contributed by atoms with Crippen LogP contribution in [0.5, 0.6) is 5.75 Å². The summed E-state index contributed by atoms with van der Waals surface area (Å²) in [4.78, 5) is 25.2. The molecule has 0 aliphatic rings. The molecule has 0 spiro atoms. The summed E-state index contributed by atoms with van der Waals surface area (Å²) >= 11 is 0. The van der Waals surface area contributed by atoms with Gasteiger partial charge in [-0.1, -0.05) is 30.3 Å². The number of nitrogens with one attached hydrogen (secondary N) is 1. The maximum Gasteiger partial charge on any atom is 0.255 e. The largest absolute Gasteiger partial charge is 0.497 e. The number of amides is 1. The molecule has 4 aromatic rings.